The molecule has 0 aromatic rings. The van der Waals surface area contributed by atoms with Gasteiger partial charge in [0.1, 0.15) is 0 Å². The lowest BCUT2D eigenvalue weighted by molar-refractivity contribution is 0.252. The van der Waals surface area contributed by atoms with Crippen LogP contribution in [0.25, 0.3) is 0 Å². The minimum Gasteiger partial charge on any atom is -0.315 e. The fraction of sp³-hybridized carbons (Fsp3) is 1.00. The molecular formula is C10H24N2. The first-order chi connectivity index (χ1) is 5.72. The lowest BCUT2D eigenvalue weighted by Gasteiger charge is -2.23. The maximum absolute atomic E-state index is 3.40. The summed E-state index contributed by atoms with van der Waals surface area (Å²) in [6.45, 7) is 10.1. The van der Waals surface area contributed by atoms with Crippen LogP contribution < -0.4 is 5.32 Å². The number of hydrogen-bond acceptors (Lipinski definition) is 2. The summed E-state index contributed by atoms with van der Waals surface area (Å²) in [5.41, 5.74) is 0. The van der Waals surface area contributed by atoms with E-state index in [1.165, 1.54) is 12.8 Å². The van der Waals surface area contributed by atoms with Crippen molar-refractivity contribution in [3.05, 3.63) is 0 Å². The highest BCUT2D eigenvalue weighted by molar-refractivity contribution is 4.61. The van der Waals surface area contributed by atoms with E-state index in [1.54, 1.807) is 0 Å². The highest BCUT2D eigenvalue weighted by Gasteiger charge is 2.04. The third-order valence-electron chi connectivity index (χ3n) is 2.41. The molecule has 1 atom stereocenters. The van der Waals surface area contributed by atoms with Gasteiger partial charge in [0, 0.05) is 19.1 Å². The van der Waals surface area contributed by atoms with Gasteiger partial charge in [-0.05, 0) is 33.4 Å². The molecule has 0 aliphatic rings. The average molecular weight is 172 g/mol. The third kappa shape index (κ3) is 5.56. The first-order valence-electron chi connectivity index (χ1n) is 5.13. The summed E-state index contributed by atoms with van der Waals surface area (Å²) in [5, 5.41) is 3.40. The first-order valence-corrected chi connectivity index (χ1v) is 5.13. The Kier molecular flexibility index (Phi) is 7.51. The van der Waals surface area contributed by atoms with E-state index in [2.05, 4.69) is 38.0 Å². The highest BCUT2D eigenvalue weighted by Crippen LogP contribution is 1.97. The molecule has 0 aromatic carbocycles. The Hall–Kier alpha value is -0.0800. The molecule has 0 amide bonds. The Morgan fingerprint density at radius 1 is 1.25 bits per heavy atom. The second-order valence-corrected chi connectivity index (χ2v) is 3.49. The molecule has 12 heavy (non-hydrogen) atoms. The lowest BCUT2D eigenvalue weighted by atomic mass is 10.2. The molecule has 0 radical (unpaired) electrons. The van der Waals surface area contributed by atoms with Crippen LogP contribution in [0.5, 0.6) is 0 Å². The predicted octanol–water partition coefficient (Wildman–Crippen LogP) is 1.72. The average Bonchev–Trinajstić information content (AvgIpc) is 2.10. The van der Waals surface area contributed by atoms with Crippen molar-refractivity contribution < 1.29 is 0 Å². The third-order valence-corrected chi connectivity index (χ3v) is 2.41. The molecule has 0 spiro atoms. The number of rotatable bonds is 7. The Morgan fingerprint density at radius 3 is 2.42 bits per heavy atom. The fourth-order valence-corrected chi connectivity index (χ4v) is 1.09. The molecule has 1 unspecified atom stereocenters. The molecule has 0 rings (SSSR count). The van der Waals surface area contributed by atoms with Gasteiger partial charge in [-0.2, -0.15) is 0 Å². The van der Waals surface area contributed by atoms with Crippen LogP contribution >= 0.6 is 0 Å². The topological polar surface area (TPSA) is 15.3 Å². The van der Waals surface area contributed by atoms with Gasteiger partial charge in [-0.1, -0.05) is 13.8 Å². The number of hydrogen-bond donors (Lipinski definition) is 1. The second kappa shape index (κ2) is 7.56. The molecule has 74 valence electrons. The maximum atomic E-state index is 3.40. The monoisotopic (exact) mass is 172 g/mol. The van der Waals surface area contributed by atoms with E-state index in [0.717, 1.165) is 19.6 Å². The Bertz CT molecular complexity index is 93.8. The molecule has 1 N–H and O–H groups in total. The van der Waals surface area contributed by atoms with Crippen LogP contribution in [0.1, 0.15) is 33.6 Å². The molecule has 2 nitrogen and oxygen atoms in total. The smallest absolute Gasteiger partial charge is 0.0107 e. The van der Waals surface area contributed by atoms with Crippen LogP contribution in [-0.2, 0) is 0 Å². The van der Waals surface area contributed by atoms with Crippen molar-refractivity contribution in [3.8, 4) is 0 Å². The number of nitrogens with one attached hydrogen (secondary N) is 1. The van der Waals surface area contributed by atoms with Crippen molar-refractivity contribution >= 4 is 0 Å². The highest BCUT2D eigenvalue weighted by atomic mass is 15.1. The van der Waals surface area contributed by atoms with Gasteiger partial charge < -0.3 is 10.2 Å². The van der Waals surface area contributed by atoms with E-state index in [0.29, 0.717) is 6.04 Å². The molecule has 0 saturated heterocycles. The summed E-state index contributed by atoms with van der Waals surface area (Å²) >= 11 is 0. The summed E-state index contributed by atoms with van der Waals surface area (Å²) in [7, 11) is 2.20. The molecule has 0 bridgehead atoms. The Morgan fingerprint density at radius 2 is 1.92 bits per heavy atom. The summed E-state index contributed by atoms with van der Waals surface area (Å²) < 4.78 is 0. The molecule has 0 saturated carbocycles. The van der Waals surface area contributed by atoms with Crippen molar-refractivity contribution in [3.63, 3.8) is 0 Å². The van der Waals surface area contributed by atoms with Gasteiger partial charge in [-0.15, -0.1) is 0 Å². The normalized spacial score (nSPS) is 13.8. The van der Waals surface area contributed by atoms with Crippen molar-refractivity contribution in [2.24, 2.45) is 0 Å². The molecule has 2 heteroatoms. The summed E-state index contributed by atoms with van der Waals surface area (Å²) in [4.78, 5) is 2.41. The van der Waals surface area contributed by atoms with Gasteiger partial charge in [0.25, 0.3) is 0 Å². The maximum Gasteiger partial charge on any atom is 0.0107 e. The van der Waals surface area contributed by atoms with Gasteiger partial charge in [0.2, 0.25) is 0 Å². The van der Waals surface area contributed by atoms with Gasteiger partial charge in [-0.3, -0.25) is 0 Å². The van der Waals surface area contributed by atoms with Crippen LogP contribution in [0.4, 0.5) is 0 Å². The van der Waals surface area contributed by atoms with Crippen LogP contribution in [0, 0.1) is 0 Å². The SMILES string of the molecule is CCCNCCN(C)C(C)CC. The Labute approximate surface area is 77.3 Å². The van der Waals surface area contributed by atoms with Crippen LogP contribution in [0.15, 0.2) is 0 Å². The van der Waals surface area contributed by atoms with E-state index < -0.39 is 0 Å². The predicted molar refractivity (Wildman–Crippen MR) is 55.5 cm³/mol. The van der Waals surface area contributed by atoms with E-state index in [9.17, 15) is 0 Å². The quantitative estimate of drug-likeness (QED) is 0.588. The van der Waals surface area contributed by atoms with Crippen molar-refractivity contribution in [1.29, 1.82) is 0 Å². The zero-order valence-electron chi connectivity index (χ0n) is 9.06. The Balaban J connectivity index is 3.24. The number of nitrogens with zero attached hydrogens (tertiary/aromatic N) is 1. The van der Waals surface area contributed by atoms with Crippen molar-refractivity contribution in [1.82, 2.24) is 10.2 Å². The van der Waals surface area contributed by atoms with Gasteiger partial charge in [0.15, 0.2) is 0 Å². The van der Waals surface area contributed by atoms with Crippen LogP contribution in [0.2, 0.25) is 0 Å². The standard InChI is InChI=1S/C10H24N2/c1-5-7-11-8-9-12(4)10(3)6-2/h10-11H,5-9H2,1-4H3. The fourth-order valence-electron chi connectivity index (χ4n) is 1.09. The van der Waals surface area contributed by atoms with E-state index in [-0.39, 0.29) is 0 Å². The first kappa shape index (κ1) is 11.9. The van der Waals surface area contributed by atoms with Gasteiger partial charge in [-0.25, -0.2) is 0 Å². The zero-order valence-corrected chi connectivity index (χ0v) is 9.06. The van der Waals surface area contributed by atoms with Crippen LogP contribution in [-0.4, -0.2) is 37.6 Å². The lowest BCUT2D eigenvalue weighted by Crippen LogP contribution is -2.35. The van der Waals surface area contributed by atoms with Gasteiger partial charge in [0.05, 0.1) is 0 Å². The molecule has 0 heterocycles. The molecule has 0 fully saturated rings. The molecule has 0 aliphatic carbocycles. The largest absolute Gasteiger partial charge is 0.315 e. The van der Waals surface area contributed by atoms with Crippen molar-refractivity contribution in [2.45, 2.75) is 39.7 Å². The van der Waals surface area contributed by atoms with E-state index in [4.69, 9.17) is 0 Å². The summed E-state index contributed by atoms with van der Waals surface area (Å²) in [6, 6.07) is 0.716. The number of likely N-dealkylation sites (N-methyl/N-ethyl adjacent to an activating group) is 1. The summed E-state index contributed by atoms with van der Waals surface area (Å²) in [6.07, 6.45) is 2.47. The second-order valence-electron chi connectivity index (χ2n) is 3.49. The van der Waals surface area contributed by atoms with Crippen LogP contribution in [0.3, 0.4) is 0 Å². The molecule has 0 aromatic heterocycles. The van der Waals surface area contributed by atoms with Gasteiger partial charge >= 0.3 is 0 Å². The minimum absolute atomic E-state index is 0.716. The van der Waals surface area contributed by atoms with Crippen molar-refractivity contribution in [2.75, 3.05) is 26.7 Å². The van der Waals surface area contributed by atoms with E-state index >= 15 is 0 Å². The summed E-state index contributed by atoms with van der Waals surface area (Å²) in [5.74, 6) is 0. The molecule has 0 aliphatic heterocycles. The zero-order chi connectivity index (χ0) is 9.40. The molecular weight excluding hydrogens is 148 g/mol. The minimum atomic E-state index is 0.716. The van der Waals surface area contributed by atoms with E-state index in [1.807, 2.05) is 0 Å².